The van der Waals surface area contributed by atoms with Crippen LogP contribution < -0.4 is 9.62 Å². The number of sulfonamides is 1. The minimum Gasteiger partial charge on any atom is -0.349 e. The van der Waals surface area contributed by atoms with Crippen LogP contribution in [-0.2, 0) is 10.0 Å². The Kier molecular flexibility index (Phi) is 6.00. The van der Waals surface area contributed by atoms with Gasteiger partial charge in [0.1, 0.15) is 0 Å². The summed E-state index contributed by atoms with van der Waals surface area (Å²) in [6.07, 6.45) is 1.12. The fourth-order valence-electron chi connectivity index (χ4n) is 2.45. The number of para-hydroxylation sites is 1. The fraction of sp³-hybridized carbons (Fsp3) is 0.562. The molecule has 0 fully saturated rings. The molecule has 0 aliphatic carbocycles. The highest BCUT2D eigenvalue weighted by Crippen LogP contribution is 2.22. The Morgan fingerprint density at radius 1 is 1.09 bits per heavy atom. The SMILES string of the molecule is CC(C)C(NC(=O)c1ccccc1N(C)S(C)(=O)=O)C(C)C. The van der Waals surface area contributed by atoms with Crippen molar-refractivity contribution < 1.29 is 13.2 Å². The van der Waals surface area contributed by atoms with Crippen LogP contribution in [0.15, 0.2) is 24.3 Å². The number of benzene rings is 1. The van der Waals surface area contributed by atoms with Crippen LogP contribution in [0.3, 0.4) is 0 Å². The first-order valence-corrected chi connectivity index (χ1v) is 9.24. The van der Waals surface area contributed by atoms with Crippen molar-refractivity contribution in [3.8, 4) is 0 Å². The summed E-state index contributed by atoms with van der Waals surface area (Å²) >= 11 is 0. The van der Waals surface area contributed by atoms with E-state index in [1.165, 1.54) is 7.05 Å². The van der Waals surface area contributed by atoms with Gasteiger partial charge in [0.15, 0.2) is 0 Å². The average Bonchev–Trinajstić information content (AvgIpc) is 2.41. The number of amides is 1. The van der Waals surface area contributed by atoms with Gasteiger partial charge < -0.3 is 5.32 Å². The highest BCUT2D eigenvalue weighted by Gasteiger charge is 2.24. The lowest BCUT2D eigenvalue weighted by Crippen LogP contribution is -2.42. The maximum Gasteiger partial charge on any atom is 0.253 e. The number of anilines is 1. The highest BCUT2D eigenvalue weighted by atomic mass is 32.2. The molecule has 124 valence electrons. The highest BCUT2D eigenvalue weighted by molar-refractivity contribution is 7.92. The summed E-state index contributed by atoms with van der Waals surface area (Å²) in [6.45, 7) is 8.22. The number of carbonyl (C=O) groups is 1. The molecule has 1 aromatic rings. The van der Waals surface area contributed by atoms with Crippen molar-refractivity contribution in [2.45, 2.75) is 33.7 Å². The van der Waals surface area contributed by atoms with E-state index in [0.29, 0.717) is 23.1 Å². The quantitative estimate of drug-likeness (QED) is 0.873. The molecule has 22 heavy (non-hydrogen) atoms. The number of nitrogens with zero attached hydrogens (tertiary/aromatic N) is 1. The summed E-state index contributed by atoms with van der Waals surface area (Å²) in [5.74, 6) is 0.339. The molecule has 1 rings (SSSR count). The molecule has 1 N–H and O–H groups in total. The first kappa shape index (κ1) is 18.5. The normalized spacial score (nSPS) is 12.0. The van der Waals surface area contributed by atoms with E-state index in [1.807, 2.05) is 0 Å². The van der Waals surface area contributed by atoms with Crippen LogP contribution in [0.1, 0.15) is 38.1 Å². The summed E-state index contributed by atoms with van der Waals surface area (Å²) < 4.78 is 24.6. The lowest BCUT2D eigenvalue weighted by Gasteiger charge is -2.27. The lowest BCUT2D eigenvalue weighted by atomic mass is 9.93. The zero-order chi connectivity index (χ0) is 17.1. The Bertz CT molecular complexity index is 616. The van der Waals surface area contributed by atoms with Crippen molar-refractivity contribution in [3.05, 3.63) is 29.8 Å². The molecule has 1 amide bonds. The van der Waals surface area contributed by atoms with E-state index in [9.17, 15) is 13.2 Å². The number of hydrogen-bond acceptors (Lipinski definition) is 3. The second kappa shape index (κ2) is 7.13. The van der Waals surface area contributed by atoms with Crippen molar-refractivity contribution in [1.29, 1.82) is 0 Å². The molecule has 0 bridgehead atoms. The molecule has 0 unspecified atom stereocenters. The maximum absolute atomic E-state index is 12.6. The molecule has 0 aliphatic rings. The van der Waals surface area contributed by atoms with Crippen LogP contribution in [0.4, 0.5) is 5.69 Å². The van der Waals surface area contributed by atoms with Gasteiger partial charge in [-0.05, 0) is 24.0 Å². The van der Waals surface area contributed by atoms with Gasteiger partial charge in [0.2, 0.25) is 10.0 Å². The Labute approximate surface area is 133 Å². The van der Waals surface area contributed by atoms with Gasteiger partial charge in [-0.15, -0.1) is 0 Å². The Balaban J connectivity index is 3.15. The van der Waals surface area contributed by atoms with Crippen LogP contribution in [0.25, 0.3) is 0 Å². The minimum absolute atomic E-state index is 0.0316. The summed E-state index contributed by atoms with van der Waals surface area (Å²) in [4.78, 5) is 12.6. The van der Waals surface area contributed by atoms with Gasteiger partial charge in [-0.2, -0.15) is 0 Å². The van der Waals surface area contributed by atoms with Gasteiger partial charge in [-0.3, -0.25) is 9.10 Å². The van der Waals surface area contributed by atoms with Crippen molar-refractivity contribution in [1.82, 2.24) is 5.32 Å². The predicted octanol–water partition coefficient (Wildman–Crippen LogP) is 2.49. The zero-order valence-corrected chi connectivity index (χ0v) is 14.9. The van der Waals surface area contributed by atoms with Crippen molar-refractivity contribution in [2.24, 2.45) is 11.8 Å². The van der Waals surface area contributed by atoms with E-state index in [4.69, 9.17) is 0 Å². The van der Waals surface area contributed by atoms with Crippen molar-refractivity contribution >= 4 is 21.6 Å². The fourth-order valence-corrected chi connectivity index (χ4v) is 2.97. The van der Waals surface area contributed by atoms with E-state index in [2.05, 4.69) is 33.0 Å². The predicted molar refractivity (Wildman–Crippen MR) is 90.6 cm³/mol. The van der Waals surface area contributed by atoms with Gasteiger partial charge in [0, 0.05) is 13.1 Å². The third-order valence-corrected chi connectivity index (χ3v) is 4.91. The topological polar surface area (TPSA) is 66.5 Å². The molecule has 1 aromatic carbocycles. The molecule has 0 radical (unpaired) electrons. The summed E-state index contributed by atoms with van der Waals surface area (Å²) in [7, 11) is -1.97. The molecule has 5 nitrogen and oxygen atoms in total. The summed E-state index contributed by atoms with van der Waals surface area (Å²) in [6, 6.07) is 6.76. The van der Waals surface area contributed by atoms with E-state index < -0.39 is 10.0 Å². The molecular weight excluding hydrogens is 300 g/mol. The number of carbonyl (C=O) groups excluding carboxylic acids is 1. The monoisotopic (exact) mass is 326 g/mol. The first-order chi connectivity index (χ1) is 10.1. The Morgan fingerprint density at radius 3 is 2.05 bits per heavy atom. The minimum atomic E-state index is -3.42. The van der Waals surface area contributed by atoms with E-state index in [-0.39, 0.29) is 11.9 Å². The largest absolute Gasteiger partial charge is 0.349 e. The molecule has 0 atom stereocenters. The van der Waals surface area contributed by atoms with E-state index in [0.717, 1.165) is 10.6 Å². The van der Waals surface area contributed by atoms with Crippen LogP contribution in [-0.4, -0.2) is 33.7 Å². The molecule has 0 aromatic heterocycles. The van der Waals surface area contributed by atoms with Crippen LogP contribution >= 0.6 is 0 Å². The van der Waals surface area contributed by atoms with E-state index >= 15 is 0 Å². The van der Waals surface area contributed by atoms with E-state index in [1.54, 1.807) is 24.3 Å². The maximum atomic E-state index is 12.6. The molecule has 6 heteroatoms. The third-order valence-electron chi connectivity index (χ3n) is 3.72. The zero-order valence-electron chi connectivity index (χ0n) is 14.1. The molecule has 0 saturated carbocycles. The summed E-state index contributed by atoms with van der Waals surface area (Å²) in [5, 5.41) is 3.02. The molecule has 0 spiro atoms. The van der Waals surface area contributed by atoms with Crippen molar-refractivity contribution in [2.75, 3.05) is 17.6 Å². The molecular formula is C16H26N2O3S. The second-order valence-corrected chi connectivity index (χ2v) is 8.25. The second-order valence-electron chi connectivity index (χ2n) is 6.23. The average molecular weight is 326 g/mol. The van der Waals surface area contributed by atoms with Gasteiger partial charge in [0.05, 0.1) is 17.5 Å². The van der Waals surface area contributed by atoms with Crippen molar-refractivity contribution in [3.63, 3.8) is 0 Å². The number of nitrogens with one attached hydrogen (secondary N) is 1. The molecule has 0 aliphatic heterocycles. The Hall–Kier alpha value is -1.56. The standard InChI is InChI=1S/C16H26N2O3S/c1-11(2)15(12(3)4)17-16(19)13-9-7-8-10-14(13)18(5)22(6,20)21/h7-12,15H,1-6H3,(H,17,19). The van der Waals surface area contributed by atoms with Crippen LogP contribution in [0, 0.1) is 11.8 Å². The van der Waals surface area contributed by atoms with Crippen LogP contribution in [0.2, 0.25) is 0 Å². The number of hydrogen-bond donors (Lipinski definition) is 1. The lowest BCUT2D eigenvalue weighted by molar-refractivity contribution is 0.0911. The third kappa shape index (κ3) is 4.47. The molecule has 0 heterocycles. The van der Waals surface area contributed by atoms with Gasteiger partial charge in [-0.1, -0.05) is 39.8 Å². The van der Waals surface area contributed by atoms with Gasteiger partial charge in [-0.25, -0.2) is 8.42 Å². The Morgan fingerprint density at radius 2 is 1.59 bits per heavy atom. The van der Waals surface area contributed by atoms with Crippen LogP contribution in [0.5, 0.6) is 0 Å². The number of rotatable bonds is 6. The van der Waals surface area contributed by atoms with Gasteiger partial charge in [0.25, 0.3) is 5.91 Å². The summed E-state index contributed by atoms with van der Waals surface area (Å²) in [5.41, 5.74) is 0.746. The van der Waals surface area contributed by atoms with Gasteiger partial charge >= 0.3 is 0 Å². The first-order valence-electron chi connectivity index (χ1n) is 7.39. The smallest absolute Gasteiger partial charge is 0.253 e. The molecule has 0 saturated heterocycles.